The fourth-order valence-corrected chi connectivity index (χ4v) is 1.34. The van der Waals surface area contributed by atoms with Crippen LogP contribution < -0.4 is 11.1 Å². The first-order valence-electron chi connectivity index (χ1n) is 4.63. The molecule has 0 unspecified atom stereocenters. The van der Waals surface area contributed by atoms with Crippen LogP contribution in [-0.2, 0) is 6.54 Å². The van der Waals surface area contributed by atoms with Crippen LogP contribution in [0.25, 0.3) is 11.1 Å². The third-order valence-corrected chi connectivity index (χ3v) is 2.05. The van der Waals surface area contributed by atoms with Crippen molar-refractivity contribution in [2.45, 2.75) is 6.54 Å². The zero-order valence-corrected chi connectivity index (χ0v) is 7.86. The topological polar surface area (TPSA) is 64.1 Å². The van der Waals surface area contributed by atoms with Crippen LogP contribution in [0.4, 0.5) is 0 Å². The number of rotatable bonds is 4. The van der Waals surface area contributed by atoms with Crippen LogP contribution in [-0.4, -0.2) is 18.1 Å². The van der Waals surface area contributed by atoms with Crippen molar-refractivity contribution in [3.05, 3.63) is 30.2 Å². The van der Waals surface area contributed by atoms with Crippen molar-refractivity contribution in [1.29, 1.82) is 0 Å². The Kier molecular flexibility index (Phi) is 2.76. The quantitative estimate of drug-likeness (QED) is 0.704. The van der Waals surface area contributed by atoms with Gasteiger partial charge < -0.3 is 15.5 Å². The van der Waals surface area contributed by atoms with Crippen molar-refractivity contribution in [1.82, 2.24) is 10.3 Å². The SMILES string of the molecule is NCCNCc1ccc2ncoc2c1. The Labute approximate surface area is 82.1 Å². The number of benzene rings is 1. The summed E-state index contributed by atoms with van der Waals surface area (Å²) in [4.78, 5) is 4.05. The molecular formula is C10H13N3O. The van der Waals surface area contributed by atoms with Gasteiger partial charge >= 0.3 is 0 Å². The van der Waals surface area contributed by atoms with Crippen LogP contribution in [0, 0.1) is 0 Å². The van der Waals surface area contributed by atoms with Crippen molar-refractivity contribution >= 4 is 11.1 Å². The third kappa shape index (κ3) is 1.92. The summed E-state index contributed by atoms with van der Waals surface area (Å²) >= 11 is 0. The summed E-state index contributed by atoms with van der Waals surface area (Å²) in [6.07, 6.45) is 1.46. The zero-order chi connectivity index (χ0) is 9.80. The van der Waals surface area contributed by atoms with E-state index in [1.54, 1.807) is 0 Å². The molecule has 4 heteroatoms. The second-order valence-corrected chi connectivity index (χ2v) is 3.12. The Hall–Kier alpha value is -1.39. The summed E-state index contributed by atoms with van der Waals surface area (Å²) in [6, 6.07) is 5.98. The maximum absolute atomic E-state index is 5.38. The molecule has 1 aromatic heterocycles. The zero-order valence-electron chi connectivity index (χ0n) is 7.86. The predicted octanol–water partition coefficient (Wildman–Crippen LogP) is 0.876. The molecule has 1 heterocycles. The molecule has 0 aliphatic carbocycles. The minimum absolute atomic E-state index is 0.657. The summed E-state index contributed by atoms with van der Waals surface area (Å²) in [5.41, 5.74) is 8.29. The lowest BCUT2D eigenvalue weighted by Crippen LogP contribution is -2.21. The number of aromatic nitrogens is 1. The molecule has 1 aromatic carbocycles. The molecule has 3 N–H and O–H groups in total. The Balaban J connectivity index is 2.10. The summed E-state index contributed by atoms with van der Waals surface area (Å²) in [6.45, 7) is 2.30. The first-order chi connectivity index (χ1) is 6.90. The summed E-state index contributed by atoms with van der Waals surface area (Å²) < 4.78 is 5.20. The molecule has 0 aliphatic rings. The lowest BCUT2D eigenvalue weighted by Gasteiger charge is -2.02. The summed E-state index contributed by atoms with van der Waals surface area (Å²) in [5.74, 6) is 0. The molecule has 0 aliphatic heterocycles. The number of nitrogens with one attached hydrogen (secondary N) is 1. The molecule has 0 spiro atoms. The number of oxazole rings is 1. The van der Waals surface area contributed by atoms with Crippen molar-refractivity contribution < 1.29 is 4.42 Å². The van der Waals surface area contributed by atoms with Gasteiger partial charge in [0.1, 0.15) is 5.52 Å². The van der Waals surface area contributed by atoms with Gasteiger partial charge in [0.15, 0.2) is 12.0 Å². The first kappa shape index (κ1) is 9.18. The van der Waals surface area contributed by atoms with E-state index >= 15 is 0 Å². The van der Waals surface area contributed by atoms with Crippen molar-refractivity contribution in [3.8, 4) is 0 Å². The molecule has 0 atom stereocenters. The highest BCUT2D eigenvalue weighted by molar-refractivity contribution is 5.72. The van der Waals surface area contributed by atoms with Gasteiger partial charge in [-0.05, 0) is 17.7 Å². The van der Waals surface area contributed by atoms with Gasteiger partial charge in [-0.25, -0.2) is 4.98 Å². The van der Waals surface area contributed by atoms with E-state index in [1.165, 1.54) is 12.0 Å². The largest absolute Gasteiger partial charge is 0.443 e. The van der Waals surface area contributed by atoms with E-state index in [4.69, 9.17) is 10.2 Å². The second kappa shape index (κ2) is 4.21. The van der Waals surface area contributed by atoms with Gasteiger partial charge in [-0.3, -0.25) is 0 Å². The number of hydrogen-bond donors (Lipinski definition) is 2. The Morgan fingerprint density at radius 2 is 2.36 bits per heavy atom. The number of fused-ring (bicyclic) bond motifs is 1. The van der Waals surface area contributed by atoms with Gasteiger partial charge in [-0.1, -0.05) is 6.07 Å². The minimum atomic E-state index is 0.657. The van der Waals surface area contributed by atoms with Crippen molar-refractivity contribution in [2.75, 3.05) is 13.1 Å². The molecule has 74 valence electrons. The minimum Gasteiger partial charge on any atom is -0.443 e. The van der Waals surface area contributed by atoms with Gasteiger partial charge in [0.2, 0.25) is 0 Å². The molecule has 0 saturated carbocycles. The summed E-state index contributed by atoms with van der Waals surface area (Å²) in [5, 5.41) is 3.22. The molecule has 0 radical (unpaired) electrons. The van der Waals surface area contributed by atoms with E-state index < -0.39 is 0 Å². The van der Waals surface area contributed by atoms with Crippen molar-refractivity contribution in [3.63, 3.8) is 0 Å². The first-order valence-corrected chi connectivity index (χ1v) is 4.63. The fourth-order valence-electron chi connectivity index (χ4n) is 1.34. The molecule has 2 aromatic rings. The molecule has 0 bridgehead atoms. The van der Waals surface area contributed by atoms with Crippen LogP contribution in [0.2, 0.25) is 0 Å². The monoisotopic (exact) mass is 191 g/mol. The maximum Gasteiger partial charge on any atom is 0.181 e. The molecule has 0 saturated heterocycles. The highest BCUT2D eigenvalue weighted by Crippen LogP contribution is 2.13. The molecule has 2 rings (SSSR count). The van der Waals surface area contributed by atoms with Gasteiger partial charge in [0.25, 0.3) is 0 Å². The molecule has 0 fully saturated rings. The molecule has 14 heavy (non-hydrogen) atoms. The average Bonchev–Trinajstić information content (AvgIpc) is 2.65. The maximum atomic E-state index is 5.38. The Morgan fingerprint density at radius 1 is 1.43 bits per heavy atom. The van der Waals surface area contributed by atoms with Gasteiger partial charge in [0.05, 0.1) is 0 Å². The lowest BCUT2D eigenvalue weighted by molar-refractivity contribution is 0.601. The smallest absolute Gasteiger partial charge is 0.181 e. The van der Waals surface area contributed by atoms with Crippen LogP contribution in [0.3, 0.4) is 0 Å². The molecule has 0 amide bonds. The van der Waals surface area contributed by atoms with E-state index in [2.05, 4.69) is 10.3 Å². The molecule has 4 nitrogen and oxygen atoms in total. The summed E-state index contributed by atoms with van der Waals surface area (Å²) in [7, 11) is 0. The predicted molar refractivity (Wildman–Crippen MR) is 54.8 cm³/mol. The lowest BCUT2D eigenvalue weighted by atomic mass is 10.2. The molecular weight excluding hydrogens is 178 g/mol. The van der Waals surface area contributed by atoms with E-state index in [-0.39, 0.29) is 0 Å². The second-order valence-electron chi connectivity index (χ2n) is 3.12. The van der Waals surface area contributed by atoms with Gasteiger partial charge in [0, 0.05) is 19.6 Å². The number of nitrogens with zero attached hydrogens (tertiary/aromatic N) is 1. The highest BCUT2D eigenvalue weighted by Gasteiger charge is 1.99. The Morgan fingerprint density at radius 3 is 3.21 bits per heavy atom. The number of nitrogens with two attached hydrogens (primary N) is 1. The number of hydrogen-bond acceptors (Lipinski definition) is 4. The van der Waals surface area contributed by atoms with Gasteiger partial charge in [-0.15, -0.1) is 0 Å². The Bertz CT molecular complexity index is 410. The third-order valence-electron chi connectivity index (χ3n) is 2.05. The fraction of sp³-hybridized carbons (Fsp3) is 0.300. The van der Waals surface area contributed by atoms with Crippen LogP contribution >= 0.6 is 0 Å². The van der Waals surface area contributed by atoms with E-state index in [0.29, 0.717) is 6.54 Å². The van der Waals surface area contributed by atoms with E-state index in [0.717, 1.165) is 24.2 Å². The van der Waals surface area contributed by atoms with Crippen LogP contribution in [0.1, 0.15) is 5.56 Å². The standard InChI is InChI=1S/C10H13N3O/c11-3-4-12-6-8-1-2-9-10(5-8)14-7-13-9/h1-2,5,7,12H,3-4,6,11H2. The van der Waals surface area contributed by atoms with E-state index in [1.807, 2.05) is 18.2 Å². The average molecular weight is 191 g/mol. The highest BCUT2D eigenvalue weighted by atomic mass is 16.3. The van der Waals surface area contributed by atoms with Crippen molar-refractivity contribution in [2.24, 2.45) is 5.73 Å². The van der Waals surface area contributed by atoms with Crippen LogP contribution in [0.5, 0.6) is 0 Å². The van der Waals surface area contributed by atoms with Gasteiger partial charge in [-0.2, -0.15) is 0 Å². The van der Waals surface area contributed by atoms with E-state index in [9.17, 15) is 0 Å². The van der Waals surface area contributed by atoms with Crippen LogP contribution in [0.15, 0.2) is 29.0 Å². The normalized spacial score (nSPS) is 10.9.